The van der Waals surface area contributed by atoms with Crippen molar-refractivity contribution in [2.45, 2.75) is 27.3 Å². The van der Waals surface area contributed by atoms with E-state index in [9.17, 15) is 0 Å². The molecule has 0 spiro atoms. The molecular formula is C21H28N3+. The lowest BCUT2D eigenvalue weighted by atomic mass is 10.1. The zero-order chi connectivity index (χ0) is 16.9. The first-order valence-electron chi connectivity index (χ1n) is 8.87. The quantitative estimate of drug-likeness (QED) is 0.857. The highest BCUT2D eigenvalue weighted by Gasteiger charge is 2.19. The second kappa shape index (κ2) is 7.63. The van der Waals surface area contributed by atoms with Gasteiger partial charge in [0.2, 0.25) is 0 Å². The van der Waals surface area contributed by atoms with E-state index in [1.165, 1.54) is 22.3 Å². The lowest BCUT2D eigenvalue weighted by molar-refractivity contribution is -0.918. The van der Waals surface area contributed by atoms with Gasteiger partial charge >= 0.3 is 0 Å². The molecule has 2 aromatic rings. The van der Waals surface area contributed by atoms with E-state index < -0.39 is 0 Å². The number of aryl methyl sites for hydroxylation is 2. The largest absolute Gasteiger partial charge is 0.328 e. The summed E-state index contributed by atoms with van der Waals surface area (Å²) in [7, 11) is 0. The van der Waals surface area contributed by atoms with Crippen LogP contribution in [0.5, 0.6) is 0 Å². The van der Waals surface area contributed by atoms with Crippen LogP contribution in [0.25, 0.3) is 0 Å². The van der Waals surface area contributed by atoms with Gasteiger partial charge in [0.05, 0.1) is 31.9 Å². The molecule has 0 atom stereocenters. The molecule has 126 valence electrons. The highest BCUT2D eigenvalue weighted by molar-refractivity contribution is 5.98. The number of nitrogens with zero attached hydrogens (tertiary/aromatic N) is 2. The molecule has 3 heteroatoms. The van der Waals surface area contributed by atoms with Gasteiger partial charge in [-0.05, 0) is 31.9 Å². The molecule has 2 aromatic carbocycles. The first kappa shape index (κ1) is 16.7. The Hall–Kier alpha value is -2.13. The Morgan fingerprint density at radius 1 is 1.04 bits per heavy atom. The van der Waals surface area contributed by atoms with Gasteiger partial charge in [0.1, 0.15) is 6.54 Å². The van der Waals surface area contributed by atoms with Crippen LogP contribution in [0.2, 0.25) is 0 Å². The number of rotatable bonds is 4. The van der Waals surface area contributed by atoms with Crippen molar-refractivity contribution >= 4 is 5.71 Å². The maximum absolute atomic E-state index is 4.81. The molecule has 0 aromatic heterocycles. The molecule has 0 bridgehead atoms. The molecule has 1 fully saturated rings. The lowest BCUT2D eigenvalue weighted by Gasteiger charge is -2.31. The number of piperazine rings is 1. The van der Waals surface area contributed by atoms with Crippen molar-refractivity contribution in [3.05, 3.63) is 70.8 Å². The van der Waals surface area contributed by atoms with Crippen molar-refractivity contribution in [2.75, 3.05) is 26.2 Å². The summed E-state index contributed by atoms with van der Waals surface area (Å²) >= 11 is 0. The van der Waals surface area contributed by atoms with Crippen molar-refractivity contribution in [1.82, 2.24) is 5.01 Å². The zero-order valence-electron chi connectivity index (χ0n) is 15.0. The maximum Gasteiger partial charge on any atom is 0.103 e. The van der Waals surface area contributed by atoms with Crippen LogP contribution in [0.1, 0.15) is 29.2 Å². The zero-order valence-corrected chi connectivity index (χ0v) is 15.0. The van der Waals surface area contributed by atoms with Gasteiger partial charge in [0.15, 0.2) is 0 Å². The molecule has 0 saturated carbocycles. The maximum atomic E-state index is 4.81. The minimum absolute atomic E-state index is 1.03. The minimum Gasteiger partial charge on any atom is -0.328 e. The summed E-state index contributed by atoms with van der Waals surface area (Å²) in [6.07, 6.45) is 0. The van der Waals surface area contributed by atoms with Gasteiger partial charge in [-0.2, -0.15) is 5.10 Å². The predicted molar refractivity (Wildman–Crippen MR) is 101 cm³/mol. The number of hydrogen-bond acceptors (Lipinski definition) is 2. The molecule has 1 N–H and O–H groups in total. The van der Waals surface area contributed by atoms with Crippen LogP contribution in [-0.2, 0) is 6.54 Å². The third-order valence-electron chi connectivity index (χ3n) is 4.87. The van der Waals surface area contributed by atoms with Gasteiger partial charge in [-0.1, -0.05) is 54.1 Å². The van der Waals surface area contributed by atoms with Crippen molar-refractivity contribution < 1.29 is 4.90 Å². The summed E-state index contributed by atoms with van der Waals surface area (Å²) in [5.41, 5.74) is 6.56. The van der Waals surface area contributed by atoms with E-state index in [4.69, 9.17) is 5.10 Å². The second-order valence-corrected chi connectivity index (χ2v) is 6.86. The van der Waals surface area contributed by atoms with Gasteiger partial charge in [0, 0.05) is 5.56 Å². The minimum atomic E-state index is 1.03. The number of benzene rings is 2. The molecule has 3 nitrogen and oxygen atoms in total. The van der Waals surface area contributed by atoms with Crippen LogP contribution in [0.15, 0.2) is 53.6 Å². The fourth-order valence-corrected chi connectivity index (χ4v) is 3.35. The summed E-state index contributed by atoms with van der Waals surface area (Å²) < 4.78 is 0. The standard InChI is InChI=1S/C21H27N3/c1-17-9-10-21(18(2)15-17)16-23-11-13-24(14-12-23)22-19(3)20-7-5-4-6-8-20/h4-10,15H,11-14,16H2,1-3H3/p+1/b22-19-. The molecule has 0 aliphatic carbocycles. The molecule has 0 amide bonds. The molecule has 1 saturated heterocycles. The highest BCUT2D eigenvalue weighted by atomic mass is 15.5. The Labute approximate surface area is 145 Å². The molecule has 24 heavy (non-hydrogen) atoms. The first-order chi connectivity index (χ1) is 11.6. The fourth-order valence-electron chi connectivity index (χ4n) is 3.35. The van der Waals surface area contributed by atoms with E-state index in [1.807, 2.05) is 6.07 Å². The molecule has 0 unspecified atom stereocenters. The summed E-state index contributed by atoms with van der Waals surface area (Å²) in [5, 5.41) is 7.04. The van der Waals surface area contributed by atoms with Gasteiger partial charge in [-0.3, -0.25) is 5.01 Å². The molecule has 1 aliphatic rings. The van der Waals surface area contributed by atoms with E-state index >= 15 is 0 Å². The second-order valence-electron chi connectivity index (χ2n) is 6.86. The van der Waals surface area contributed by atoms with Gasteiger partial charge in [0.25, 0.3) is 0 Å². The van der Waals surface area contributed by atoms with Crippen LogP contribution in [0, 0.1) is 13.8 Å². The summed E-state index contributed by atoms with van der Waals surface area (Å²) in [6, 6.07) is 17.2. The van der Waals surface area contributed by atoms with Crippen molar-refractivity contribution in [1.29, 1.82) is 0 Å². The Balaban J connectivity index is 1.56. The molecular weight excluding hydrogens is 294 g/mol. The van der Waals surface area contributed by atoms with Crippen molar-refractivity contribution in [3.8, 4) is 0 Å². The van der Waals surface area contributed by atoms with Crippen LogP contribution < -0.4 is 4.90 Å². The molecule has 1 aliphatic heterocycles. The van der Waals surface area contributed by atoms with E-state index in [0.29, 0.717) is 0 Å². The molecule has 3 rings (SSSR count). The number of nitrogens with one attached hydrogen (secondary N) is 1. The van der Waals surface area contributed by atoms with Gasteiger partial charge in [-0.15, -0.1) is 0 Å². The van der Waals surface area contributed by atoms with Crippen LogP contribution in [0.3, 0.4) is 0 Å². The average Bonchev–Trinajstić information content (AvgIpc) is 2.60. The van der Waals surface area contributed by atoms with E-state index in [1.54, 1.807) is 4.90 Å². The Kier molecular flexibility index (Phi) is 5.31. The fraction of sp³-hybridized carbons (Fsp3) is 0.381. The SMILES string of the molecule is C/C(=N/N1CC[NH+](Cc2ccc(C)cc2C)CC1)c1ccccc1. The normalized spacial score (nSPS) is 16.5. The third kappa shape index (κ3) is 4.24. The number of hydrogen-bond donors (Lipinski definition) is 1. The van der Waals surface area contributed by atoms with Crippen molar-refractivity contribution in [2.24, 2.45) is 5.10 Å². The van der Waals surface area contributed by atoms with Gasteiger partial charge < -0.3 is 4.90 Å². The van der Waals surface area contributed by atoms with Gasteiger partial charge in [-0.25, -0.2) is 0 Å². The van der Waals surface area contributed by atoms with Crippen LogP contribution in [-0.4, -0.2) is 36.9 Å². The third-order valence-corrected chi connectivity index (χ3v) is 4.87. The summed E-state index contributed by atoms with van der Waals surface area (Å²) in [4.78, 5) is 1.66. The average molecular weight is 322 g/mol. The Morgan fingerprint density at radius 3 is 2.42 bits per heavy atom. The Bertz CT molecular complexity index is 698. The molecule has 0 radical (unpaired) electrons. The first-order valence-corrected chi connectivity index (χ1v) is 8.87. The summed E-state index contributed by atoms with van der Waals surface area (Å²) in [5.74, 6) is 0. The summed E-state index contributed by atoms with van der Waals surface area (Å²) in [6.45, 7) is 12.0. The van der Waals surface area contributed by atoms with Crippen LogP contribution in [0.4, 0.5) is 0 Å². The Morgan fingerprint density at radius 2 is 1.75 bits per heavy atom. The van der Waals surface area contributed by atoms with Crippen LogP contribution >= 0.6 is 0 Å². The smallest absolute Gasteiger partial charge is 0.103 e. The number of hydrazone groups is 1. The van der Waals surface area contributed by atoms with Crippen molar-refractivity contribution in [3.63, 3.8) is 0 Å². The van der Waals surface area contributed by atoms with E-state index in [-0.39, 0.29) is 0 Å². The highest BCUT2D eigenvalue weighted by Crippen LogP contribution is 2.09. The molecule has 1 heterocycles. The topological polar surface area (TPSA) is 20.0 Å². The predicted octanol–water partition coefficient (Wildman–Crippen LogP) is 2.43. The number of quaternary nitrogens is 1. The van der Waals surface area contributed by atoms with E-state index in [0.717, 1.165) is 38.4 Å². The van der Waals surface area contributed by atoms with E-state index in [2.05, 4.69) is 68.2 Å². The monoisotopic (exact) mass is 322 g/mol. The lowest BCUT2D eigenvalue weighted by Crippen LogP contribution is -3.13.